The van der Waals surface area contributed by atoms with Crippen molar-refractivity contribution in [2.24, 2.45) is 0 Å². The Morgan fingerprint density at radius 1 is 1.25 bits per heavy atom. The lowest BCUT2D eigenvalue weighted by molar-refractivity contribution is 0.172. The zero-order chi connectivity index (χ0) is 14.6. The Morgan fingerprint density at radius 2 is 1.95 bits per heavy atom. The number of aliphatic hydroxyl groups is 1. The third-order valence-electron chi connectivity index (χ3n) is 4.45. The largest absolute Gasteiger partial charge is 0.394 e. The van der Waals surface area contributed by atoms with Crippen molar-refractivity contribution in [2.75, 3.05) is 50.1 Å². The van der Waals surface area contributed by atoms with Crippen LogP contribution in [0.5, 0.6) is 0 Å². The number of anilines is 2. The summed E-state index contributed by atoms with van der Waals surface area (Å²) in [6.07, 6.45) is 2.06. The van der Waals surface area contributed by atoms with Gasteiger partial charge in [-0.05, 0) is 38.9 Å². The van der Waals surface area contributed by atoms with Gasteiger partial charge in [-0.15, -0.1) is 0 Å². The van der Waals surface area contributed by atoms with Gasteiger partial charge < -0.3 is 20.2 Å². The van der Waals surface area contributed by atoms with Crippen LogP contribution in [0.4, 0.5) is 11.4 Å². The molecule has 0 aliphatic carbocycles. The molecule has 112 valence electrons. The average molecular weight is 277 g/mol. The van der Waals surface area contributed by atoms with E-state index in [1.54, 1.807) is 0 Å². The molecule has 2 rings (SSSR count). The lowest BCUT2D eigenvalue weighted by Gasteiger charge is -2.37. The molecule has 1 aromatic rings. The smallest absolute Gasteiger partial charge is 0.0610 e. The van der Waals surface area contributed by atoms with E-state index in [0.29, 0.717) is 0 Å². The van der Waals surface area contributed by atoms with Crippen LogP contribution >= 0.6 is 0 Å². The Labute approximate surface area is 122 Å². The maximum Gasteiger partial charge on any atom is 0.0610 e. The van der Waals surface area contributed by atoms with Gasteiger partial charge in [-0.2, -0.15) is 0 Å². The van der Waals surface area contributed by atoms with Gasteiger partial charge in [0.25, 0.3) is 0 Å². The van der Waals surface area contributed by atoms with Crippen LogP contribution in [0.15, 0.2) is 24.3 Å². The molecule has 20 heavy (non-hydrogen) atoms. The number of aliphatic hydroxyl groups excluding tert-OH is 1. The molecule has 0 saturated heterocycles. The number of hydrogen-bond acceptors (Lipinski definition) is 4. The molecule has 4 heteroatoms. The quantitative estimate of drug-likeness (QED) is 0.830. The van der Waals surface area contributed by atoms with Gasteiger partial charge in [0.15, 0.2) is 0 Å². The van der Waals surface area contributed by atoms with Crippen LogP contribution in [0.3, 0.4) is 0 Å². The molecule has 0 amide bonds. The summed E-state index contributed by atoms with van der Waals surface area (Å²) >= 11 is 0. The second-order valence-corrected chi connectivity index (χ2v) is 5.97. The third kappa shape index (κ3) is 3.25. The number of nitrogens with zero attached hydrogens (tertiary/aromatic N) is 2. The van der Waals surface area contributed by atoms with Gasteiger partial charge in [0, 0.05) is 32.2 Å². The Kier molecular flexibility index (Phi) is 4.89. The van der Waals surface area contributed by atoms with Crippen LogP contribution in [0.2, 0.25) is 0 Å². The molecule has 1 unspecified atom stereocenters. The number of benzene rings is 1. The molecule has 1 aromatic carbocycles. The van der Waals surface area contributed by atoms with Gasteiger partial charge in [-0.25, -0.2) is 0 Å². The summed E-state index contributed by atoms with van der Waals surface area (Å²) in [4.78, 5) is 4.78. The van der Waals surface area contributed by atoms with E-state index in [-0.39, 0.29) is 12.1 Å². The molecule has 0 spiro atoms. The van der Waals surface area contributed by atoms with Crippen LogP contribution in [0.25, 0.3) is 0 Å². The van der Waals surface area contributed by atoms with Gasteiger partial charge >= 0.3 is 0 Å². The van der Waals surface area contributed by atoms with Gasteiger partial charge in [0.1, 0.15) is 0 Å². The lowest BCUT2D eigenvalue weighted by Crippen LogP contribution is -2.44. The maximum absolute atomic E-state index is 9.43. The van der Waals surface area contributed by atoms with Crippen LogP contribution in [0, 0.1) is 0 Å². The predicted octanol–water partition coefficient (Wildman–Crippen LogP) is 1.69. The van der Waals surface area contributed by atoms with Gasteiger partial charge in [-0.1, -0.05) is 12.1 Å². The molecule has 0 bridgehead atoms. The average Bonchev–Trinajstić information content (AvgIpc) is 2.49. The van der Waals surface area contributed by atoms with E-state index < -0.39 is 0 Å². The fourth-order valence-electron chi connectivity index (χ4n) is 2.74. The van der Waals surface area contributed by atoms with E-state index >= 15 is 0 Å². The zero-order valence-electron chi connectivity index (χ0n) is 12.9. The highest BCUT2D eigenvalue weighted by atomic mass is 16.3. The van der Waals surface area contributed by atoms with Crippen molar-refractivity contribution in [2.45, 2.75) is 25.3 Å². The van der Waals surface area contributed by atoms with Crippen molar-refractivity contribution in [3.63, 3.8) is 0 Å². The first-order valence-electron chi connectivity index (χ1n) is 7.44. The second-order valence-electron chi connectivity index (χ2n) is 5.97. The number of para-hydroxylation sites is 2. The zero-order valence-corrected chi connectivity index (χ0v) is 12.9. The van der Waals surface area contributed by atoms with E-state index in [0.717, 1.165) is 32.5 Å². The molecule has 0 aromatic heterocycles. The topological polar surface area (TPSA) is 38.7 Å². The summed E-state index contributed by atoms with van der Waals surface area (Å²) in [5.41, 5.74) is 2.49. The molecule has 1 aliphatic rings. The normalized spacial score (nSPS) is 17.8. The van der Waals surface area contributed by atoms with Crippen molar-refractivity contribution < 1.29 is 5.11 Å². The molecule has 2 N–H and O–H groups in total. The molecule has 0 fully saturated rings. The van der Waals surface area contributed by atoms with Crippen molar-refractivity contribution >= 4 is 11.4 Å². The minimum atomic E-state index is -0.161. The van der Waals surface area contributed by atoms with Crippen molar-refractivity contribution in [1.82, 2.24) is 5.32 Å². The van der Waals surface area contributed by atoms with E-state index in [2.05, 4.69) is 53.4 Å². The van der Waals surface area contributed by atoms with Crippen molar-refractivity contribution in [3.05, 3.63) is 24.3 Å². The van der Waals surface area contributed by atoms with E-state index in [4.69, 9.17) is 0 Å². The van der Waals surface area contributed by atoms with Gasteiger partial charge in [0.2, 0.25) is 0 Å². The van der Waals surface area contributed by atoms with Gasteiger partial charge in [0.05, 0.1) is 18.0 Å². The molecule has 1 atom stereocenters. The highest BCUT2D eigenvalue weighted by Crippen LogP contribution is 2.31. The summed E-state index contributed by atoms with van der Waals surface area (Å²) in [5, 5.41) is 12.6. The summed E-state index contributed by atoms with van der Waals surface area (Å²) < 4.78 is 0. The van der Waals surface area contributed by atoms with E-state index in [1.807, 2.05) is 7.05 Å². The molecular formula is C16H27N3O. The monoisotopic (exact) mass is 277 g/mol. The minimum Gasteiger partial charge on any atom is -0.394 e. The Balaban J connectivity index is 1.96. The minimum absolute atomic E-state index is 0.161. The third-order valence-corrected chi connectivity index (χ3v) is 4.45. The summed E-state index contributed by atoms with van der Waals surface area (Å²) in [5.74, 6) is 0. The fourth-order valence-corrected chi connectivity index (χ4v) is 2.74. The first kappa shape index (κ1) is 15.1. The number of hydrogen-bond donors (Lipinski definition) is 2. The lowest BCUT2D eigenvalue weighted by atomic mass is 9.97. The molecule has 1 aliphatic heterocycles. The van der Waals surface area contributed by atoms with Gasteiger partial charge in [-0.3, -0.25) is 0 Å². The number of fused-ring (bicyclic) bond motifs is 1. The highest BCUT2D eigenvalue weighted by molar-refractivity contribution is 5.72. The van der Waals surface area contributed by atoms with Crippen LogP contribution in [0.1, 0.15) is 19.8 Å². The SMILES string of the molecule is CNC(C)(CO)CCCN1CCN(C)c2ccccc21. The molecule has 4 nitrogen and oxygen atoms in total. The first-order valence-corrected chi connectivity index (χ1v) is 7.44. The Morgan fingerprint density at radius 3 is 2.60 bits per heavy atom. The Bertz CT molecular complexity index is 431. The summed E-state index contributed by atoms with van der Waals surface area (Å²) in [6.45, 7) is 5.44. The van der Waals surface area contributed by atoms with Crippen LogP contribution < -0.4 is 15.1 Å². The summed E-state index contributed by atoms with van der Waals surface area (Å²) in [7, 11) is 4.07. The first-order chi connectivity index (χ1) is 9.59. The molecular weight excluding hydrogens is 250 g/mol. The van der Waals surface area contributed by atoms with Crippen molar-refractivity contribution in [3.8, 4) is 0 Å². The number of nitrogens with one attached hydrogen (secondary N) is 1. The Hall–Kier alpha value is -1.26. The van der Waals surface area contributed by atoms with E-state index in [1.165, 1.54) is 11.4 Å². The van der Waals surface area contributed by atoms with E-state index in [9.17, 15) is 5.11 Å². The number of likely N-dealkylation sites (N-methyl/N-ethyl adjacent to an activating group) is 2. The summed E-state index contributed by atoms with van der Waals surface area (Å²) in [6, 6.07) is 8.60. The predicted molar refractivity (Wildman–Crippen MR) is 85.7 cm³/mol. The van der Waals surface area contributed by atoms with Crippen LogP contribution in [-0.2, 0) is 0 Å². The molecule has 0 radical (unpaired) electrons. The second kappa shape index (κ2) is 6.46. The highest BCUT2D eigenvalue weighted by Gasteiger charge is 2.23. The molecule has 1 heterocycles. The molecule has 0 saturated carbocycles. The standard InChI is InChI=1S/C16H27N3O/c1-16(13-20,17-2)9-6-10-19-12-11-18(3)14-7-4-5-8-15(14)19/h4-5,7-8,17,20H,6,9-13H2,1-3H3. The van der Waals surface area contributed by atoms with Crippen LogP contribution in [-0.4, -0.2) is 51.0 Å². The number of rotatable bonds is 6. The maximum atomic E-state index is 9.43. The van der Waals surface area contributed by atoms with Crippen molar-refractivity contribution in [1.29, 1.82) is 0 Å². The fraction of sp³-hybridized carbons (Fsp3) is 0.625.